The van der Waals surface area contributed by atoms with Gasteiger partial charge in [-0.1, -0.05) is 54.6 Å². The van der Waals surface area contributed by atoms with Gasteiger partial charge in [-0.25, -0.2) is 4.39 Å². The van der Waals surface area contributed by atoms with Crippen LogP contribution in [-0.2, 0) is 24.2 Å². The van der Waals surface area contributed by atoms with Crippen molar-refractivity contribution in [3.63, 3.8) is 0 Å². The molecule has 2 saturated carbocycles. The quantitative estimate of drug-likeness (QED) is 0.271. The number of benzene rings is 2. The van der Waals surface area contributed by atoms with Gasteiger partial charge in [0.2, 0.25) is 0 Å². The van der Waals surface area contributed by atoms with Crippen molar-refractivity contribution >= 4 is 11.4 Å². The van der Waals surface area contributed by atoms with Crippen molar-refractivity contribution in [3.8, 4) is 6.07 Å². The smallest absolute Gasteiger partial charge is 0.166 e. The molecule has 0 aliphatic heterocycles. The highest BCUT2D eigenvalue weighted by Gasteiger charge is 2.42. The summed E-state index contributed by atoms with van der Waals surface area (Å²) >= 11 is 0. The Labute approximate surface area is 253 Å². The summed E-state index contributed by atoms with van der Waals surface area (Å²) in [6, 6.07) is 21.0. The van der Waals surface area contributed by atoms with Gasteiger partial charge in [-0.3, -0.25) is 9.78 Å². The third kappa shape index (κ3) is 6.17. The summed E-state index contributed by atoms with van der Waals surface area (Å²) < 4.78 is 13.8. The Kier molecular flexibility index (Phi) is 8.77. The molecule has 3 aliphatic carbocycles. The van der Waals surface area contributed by atoms with E-state index in [4.69, 9.17) is 5.73 Å². The molecule has 3 aliphatic rings. The molecule has 1 heterocycles. The van der Waals surface area contributed by atoms with Gasteiger partial charge >= 0.3 is 0 Å². The highest BCUT2D eigenvalue weighted by molar-refractivity contribution is 6.03. The molecule has 0 spiro atoms. The average Bonchev–Trinajstić information content (AvgIpc) is 3.22. The van der Waals surface area contributed by atoms with Crippen molar-refractivity contribution in [1.82, 2.24) is 4.98 Å². The number of aryl methyl sites for hydroxylation is 1. The fourth-order valence-electron chi connectivity index (χ4n) is 7.16. The van der Waals surface area contributed by atoms with Crippen LogP contribution in [0.4, 0.5) is 4.39 Å². The SMILES string of the molecule is N#Cc1ccccc1C1=CC=C(C(=O)C2CCC2Cc2cccnc2CN)C(C2CCC2CCc2cccc(F)c2)=CC1. The van der Waals surface area contributed by atoms with Gasteiger partial charge in [0.15, 0.2) is 5.78 Å². The Morgan fingerprint density at radius 1 is 1.00 bits per heavy atom. The summed E-state index contributed by atoms with van der Waals surface area (Å²) in [5, 5.41) is 9.75. The maximum Gasteiger partial charge on any atom is 0.166 e. The van der Waals surface area contributed by atoms with Crippen molar-refractivity contribution in [2.45, 2.75) is 57.9 Å². The van der Waals surface area contributed by atoms with Crippen LogP contribution < -0.4 is 5.73 Å². The van der Waals surface area contributed by atoms with Crippen LogP contribution in [0, 0.1) is 40.8 Å². The van der Waals surface area contributed by atoms with Crippen LogP contribution in [0.15, 0.2) is 96.2 Å². The van der Waals surface area contributed by atoms with Gasteiger partial charge in [0.25, 0.3) is 0 Å². The zero-order chi connectivity index (χ0) is 29.8. The fraction of sp³-hybridized carbons (Fsp3) is 0.342. The Bertz CT molecular complexity index is 1640. The third-order valence-electron chi connectivity index (χ3n) is 9.89. The summed E-state index contributed by atoms with van der Waals surface area (Å²) in [6.07, 6.45) is 15.5. The van der Waals surface area contributed by atoms with Crippen molar-refractivity contribution in [2.75, 3.05) is 0 Å². The molecule has 0 amide bonds. The van der Waals surface area contributed by atoms with Crippen molar-refractivity contribution in [2.24, 2.45) is 29.4 Å². The lowest BCUT2D eigenvalue weighted by Gasteiger charge is -2.41. The number of pyridine rings is 1. The van der Waals surface area contributed by atoms with E-state index in [-0.39, 0.29) is 23.4 Å². The Hall–Kier alpha value is -4.14. The molecule has 3 aromatic rings. The van der Waals surface area contributed by atoms with E-state index in [1.165, 1.54) is 6.07 Å². The van der Waals surface area contributed by atoms with E-state index in [1.54, 1.807) is 18.3 Å². The number of nitrogens with zero attached hydrogens (tertiary/aromatic N) is 2. The zero-order valence-electron chi connectivity index (χ0n) is 24.5. The Morgan fingerprint density at radius 3 is 2.60 bits per heavy atom. The number of nitriles is 1. The zero-order valence-corrected chi connectivity index (χ0v) is 24.5. The lowest BCUT2D eigenvalue weighted by atomic mass is 9.62. The van der Waals surface area contributed by atoms with E-state index in [1.807, 2.05) is 42.5 Å². The second-order valence-electron chi connectivity index (χ2n) is 12.2. The molecule has 218 valence electrons. The number of allylic oxidation sites excluding steroid dienone is 6. The summed E-state index contributed by atoms with van der Waals surface area (Å²) in [6.45, 7) is 0.399. The number of hydrogen-bond donors (Lipinski definition) is 1. The average molecular weight is 572 g/mol. The number of hydrogen-bond acceptors (Lipinski definition) is 4. The van der Waals surface area contributed by atoms with E-state index in [2.05, 4.69) is 29.3 Å². The third-order valence-corrected chi connectivity index (χ3v) is 9.89. The lowest BCUT2D eigenvalue weighted by Crippen LogP contribution is -2.37. The molecule has 4 nitrogen and oxygen atoms in total. The normalized spacial score (nSPS) is 23.0. The number of rotatable bonds is 10. The van der Waals surface area contributed by atoms with E-state index in [0.717, 1.165) is 84.0 Å². The second-order valence-corrected chi connectivity index (χ2v) is 12.2. The van der Waals surface area contributed by atoms with Crippen LogP contribution in [-0.4, -0.2) is 10.8 Å². The summed E-state index contributed by atoms with van der Waals surface area (Å²) in [4.78, 5) is 18.8. The number of ketones is 1. The molecule has 0 radical (unpaired) electrons. The molecule has 2 aromatic carbocycles. The van der Waals surface area contributed by atoms with Gasteiger partial charge in [-0.15, -0.1) is 0 Å². The minimum Gasteiger partial charge on any atom is -0.325 e. The molecule has 2 fully saturated rings. The monoisotopic (exact) mass is 571 g/mol. The van der Waals surface area contributed by atoms with E-state index < -0.39 is 0 Å². The number of carbonyl (C=O) groups excluding carboxylic acids is 1. The van der Waals surface area contributed by atoms with Crippen LogP contribution >= 0.6 is 0 Å². The standard InChI is InChI=1S/C38H38FN3O/c39-31-8-3-5-25(21-31)10-11-27-12-16-33(27)35-18-13-26(32-9-2-1-6-30(32)23-40)14-19-36(35)38(43)34-17-15-28(34)22-29-7-4-20-42-37(29)24-41/h1-9,14,18-21,27-28,33-34H,10-13,15-17,22,24,41H2. The van der Waals surface area contributed by atoms with Gasteiger partial charge in [0.1, 0.15) is 5.82 Å². The predicted octanol–water partition coefficient (Wildman–Crippen LogP) is 7.69. The number of Topliss-reactive ketones (excluding diaryl/α,β-unsaturated/α-hetero) is 1. The molecule has 4 unspecified atom stereocenters. The summed E-state index contributed by atoms with van der Waals surface area (Å²) in [5.74, 6) is 1.07. The van der Waals surface area contributed by atoms with Crippen molar-refractivity contribution < 1.29 is 9.18 Å². The highest BCUT2D eigenvalue weighted by atomic mass is 19.1. The number of aromatic nitrogens is 1. The van der Waals surface area contributed by atoms with Crippen LogP contribution in [0.25, 0.3) is 5.57 Å². The van der Waals surface area contributed by atoms with Crippen LogP contribution in [0.1, 0.15) is 66.5 Å². The molecule has 1 aromatic heterocycles. The first kappa shape index (κ1) is 29.0. The van der Waals surface area contributed by atoms with Crippen molar-refractivity contribution in [1.29, 1.82) is 5.26 Å². The molecule has 0 bridgehead atoms. The number of carbonyl (C=O) groups is 1. The molecule has 2 N–H and O–H groups in total. The number of halogens is 1. The number of nitrogens with two attached hydrogens (primary N) is 1. The van der Waals surface area contributed by atoms with E-state index in [9.17, 15) is 14.4 Å². The maximum atomic E-state index is 14.4. The molecular weight excluding hydrogens is 533 g/mol. The minimum absolute atomic E-state index is 0.0207. The van der Waals surface area contributed by atoms with Gasteiger partial charge in [0, 0.05) is 24.2 Å². The maximum absolute atomic E-state index is 14.4. The largest absolute Gasteiger partial charge is 0.325 e. The van der Waals surface area contributed by atoms with Gasteiger partial charge < -0.3 is 5.73 Å². The predicted molar refractivity (Wildman–Crippen MR) is 168 cm³/mol. The van der Waals surface area contributed by atoms with Crippen molar-refractivity contribution in [3.05, 3.63) is 130 Å². The van der Waals surface area contributed by atoms with E-state index >= 15 is 0 Å². The fourth-order valence-corrected chi connectivity index (χ4v) is 7.16. The van der Waals surface area contributed by atoms with Gasteiger partial charge in [-0.05, 0) is 121 Å². The molecule has 5 heteroatoms. The Balaban J connectivity index is 1.27. The van der Waals surface area contributed by atoms with Crippen LogP contribution in [0.5, 0.6) is 0 Å². The highest BCUT2D eigenvalue weighted by Crippen LogP contribution is 2.48. The van der Waals surface area contributed by atoms with E-state index in [0.29, 0.717) is 30.4 Å². The molecule has 4 atom stereocenters. The molecule has 6 rings (SSSR count). The summed E-state index contributed by atoms with van der Waals surface area (Å²) in [5.41, 5.74) is 13.7. The molecule has 0 saturated heterocycles. The summed E-state index contributed by atoms with van der Waals surface area (Å²) in [7, 11) is 0. The minimum atomic E-state index is -0.193. The second kappa shape index (κ2) is 13.0. The van der Waals surface area contributed by atoms with Crippen LogP contribution in [0.2, 0.25) is 0 Å². The molecular formula is C38H38FN3O. The first-order valence-electron chi connectivity index (χ1n) is 15.6. The van der Waals surface area contributed by atoms with Gasteiger partial charge in [0.05, 0.1) is 17.3 Å². The first-order chi connectivity index (χ1) is 21.1. The Morgan fingerprint density at radius 2 is 1.86 bits per heavy atom. The first-order valence-corrected chi connectivity index (χ1v) is 15.6. The van der Waals surface area contributed by atoms with Gasteiger partial charge in [-0.2, -0.15) is 5.26 Å². The van der Waals surface area contributed by atoms with Crippen LogP contribution in [0.3, 0.4) is 0 Å². The molecule has 43 heavy (non-hydrogen) atoms. The topological polar surface area (TPSA) is 79.8 Å². The lowest BCUT2D eigenvalue weighted by molar-refractivity contribution is -0.124.